The fourth-order valence-electron chi connectivity index (χ4n) is 2.67. The first kappa shape index (κ1) is 23.1. The van der Waals surface area contributed by atoms with E-state index in [4.69, 9.17) is 9.47 Å². The van der Waals surface area contributed by atoms with E-state index in [1.54, 1.807) is 45.1 Å². The molecule has 160 valence electrons. The van der Waals surface area contributed by atoms with Crippen LogP contribution >= 0.6 is 11.9 Å². The van der Waals surface area contributed by atoms with E-state index < -0.39 is 27.5 Å². The minimum absolute atomic E-state index is 0.0174. The van der Waals surface area contributed by atoms with Gasteiger partial charge in [0.2, 0.25) is 9.84 Å². The van der Waals surface area contributed by atoms with Crippen molar-refractivity contribution >= 4 is 45.2 Å². The van der Waals surface area contributed by atoms with Crippen molar-refractivity contribution in [1.29, 1.82) is 0 Å². The van der Waals surface area contributed by atoms with Gasteiger partial charge in [0.05, 0.1) is 34.7 Å². The molecule has 0 atom stereocenters. The van der Waals surface area contributed by atoms with E-state index in [0.717, 1.165) is 10.3 Å². The lowest BCUT2D eigenvalue weighted by molar-refractivity contribution is -0.142. The standard InChI is InChI=1S/C19H26N2O6S2/c1-7-26-17(22)11-14-12-29(24,25)16-10-13(20(5)28-6)8-9-15(16)21(14)18(23)27-19(2,3)4/h8-10,12H,7,11H2,1-6H3. The van der Waals surface area contributed by atoms with Crippen LogP contribution in [-0.2, 0) is 24.1 Å². The third-order valence-corrected chi connectivity index (χ3v) is 6.19. The van der Waals surface area contributed by atoms with Gasteiger partial charge < -0.3 is 13.8 Å². The van der Waals surface area contributed by atoms with Crippen LogP contribution in [-0.4, -0.2) is 46.0 Å². The number of rotatable bonds is 5. The van der Waals surface area contributed by atoms with Gasteiger partial charge in [0.1, 0.15) is 5.60 Å². The molecule has 0 aliphatic carbocycles. The number of carbonyl (C=O) groups excluding carboxylic acids is 2. The minimum atomic E-state index is -3.88. The Morgan fingerprint density at radius 1 is 1.24 bits per heavy atom. The van der Waals surface area contributed by atoms with Crippen molar-refractivity contribution in [3.8, 4) is 0 Å². The molecular weight excluding hydrogens is 416 g/mol. The first-order valence-electron chi connectivity index (χ1n) is 8.96. The summed E-state index contributed by atoms with van der Waals surface area (Å²) in [6.07, 6.45) is 0.714. The van der Waals surface area contributed by atoms with Gasteiger partial charge in [-0.3, -0.25) is 4.79 Å². The minimum Gasteiger partial charge on any atom is -0.466 e. The molecule has 0 N–H and O–H groups in total. The van der Waals surface area contributed by atoms with E-state index in [9.17, 15) is 18.0 Å². The molecule has 0 fully saturated rings. The molecular formula is C19H26N2O6S2. The van der Waals surface area contributed by atoms with Gasteiger partial charge in [-0.15, -0.1) is 0 Å². The molecule has 0 radical (unpaired) electrons. The SMILES string of the molecule is CCOC(=O)CC1=CS(=O)(=O)c2cc(N(C)SC)ccc2N1C(=O)OC(C)(C)C. The van der Waals surface area contributed by atoms with Gasteiger partial charge in [0, 0.05) is 19.0 Å². The Kier molecular flexibility index (Phi) is 6.89. The van der Waals surface area contributed by atoms with Crippen molar-refractivity contribution in [2.75, 3.05) is 29.1 Å². The summed E-state index contributed by atoms with van der Waals surface area (Å²) in [5.74, 6) is -0.635. The van der Waals surface area contributed by atoms with Crippen molar-refractivity contribution in [2.24, 2.45) is 0 Å². The van der Waals surface area contributed by atoms with E-state index in [1.807, 2.05) is 6.26 Å². The molecule has 10 heteroatoms. The zero-order valence-corrected chi connectivity index (χ0v) is 19.0. The van der Waals surface area contributed by atoms with Gasteiger partial charge in [-0.2, -0.15) is 0 Å². The van der Waals surface area contributed by atoms with Gasteiger partial charge in [-0.25, -0.2) is 18.1 Å². The third kappa shape index (κ3) is 5.45. The summed E-state index contributed by atoms with van der Waals surface area (Å²) < 4.78 is 38.0. The van der Waals surface area contributed by atoms with Crippen LogP contribution in [0, 0.1) is 0 Å². The number of carbonyl (C=O) groups is 2. The first-order chi connectivity index (χ1) is 13.4. The third-order valence-electron chi connectivity index (χ3n) is 3.91. The predicted molar refractivity (Wildman–Crippen MR) is 114 cm³/mol. The number of fused-ring (bicyclic) bond motifs is 1. The van der Waals surface area contributed by atoms with Crippen LogP contribution in [0.2, 0.25) is 0 Å². The Morgan fingerprint density at radius 3 is 2.45 bits per heavy atom. The van der Waals surface area contributed by atoms with E-state index in [0.29, 0.717) is 5.69 Å². The number of hydrogen-bond acceptors (Lipinski definition) is 8. The largest absolute Gasteiger partial charge is 0.466 e. The maximum Gasteiger partial charge on any atom is 0.419 e. The van der Waals surface area contributed by atoms with Gasteiger partial charge >= 0.3 is 12.1 Å². The molecule has 0 saturated heterocycles. The molecule has 0 unspecified atom stereocenters. The van der Waals surface area contributed by atoms with Crippen LogP contribution in [0.5, 0.6) is 0 Å². The van der Waals surface area contributed by atoms with Crippen molar-refractivity contribution in [1.82, 2.24) is 0 Å². The number of benzene rings is 1. The van der Waals surface area contributed by atoms with Gasteiger partial charge in [0.15, 0.2) is 0 Å². The zero-order valence-electron chi connectivity index (χ0n) is 17.4. The highest BCUT2D eigenvalue weighted by atomic mass is 32.2. The molecule has 1 aromatic rings. The highest BCUT2D eigenvalue weighted by molar-refractivity contribution is 7.99. The lowest BCUT2D eigenvalue weighted by atomic mass is 10.2. The Morgan fingerprint density at radius 2 is 1.90 bits per heavy atom. The topological polar surface area (TPSA) is 93.2 Å². The van der Waals surface area contributed by atoms with Crippen LogP contribution in [0.15, 0.2) is 34.2 Å². The summed E-state index contributed by atoms with van der Waals surface area (Å²) in [5, 5.41) is 0.930. The van der Waals surface area contributed by atoms with Gasteiger partial charge in [-0.05, 0) is 45.9 Å². The average molecular weight is 443 g/mol. The maximum absolute atomic E-state index is 12.9. The molecule has 1 amide bonds. The monoisotopic (exact) mass is 442 g/mol. The molecule has 1 aliphatic rings. The van der Waals surface area contributed by atoms with Crippen molar-refractivity contribution in [3.05, 3.63) is 29.3 Å². The fraction of sp³-hybridized carbons (Fsp3) is 0.474. The maximum atomic E-state index is 12.9. The Bertz CT molecular complexity index is 935. The van der Waals surface area contributed by atoms with Crippen LogP contribution in [0.25, 0.3) is 0 Å². The highest BCUT2D eigenvalue weighted by Crippen LogP contribution is 2.39. The summed E-state index contributed by atoms with van der Waals surface area (Å²) in [6, 6.07) is 4.74. The van der Waals surface area contributed by atoms with Crippen molar-refractivity contribution in [3.63, 3.8) is 0 Å². The smallest absolute Gasteiger partial charge is 0.419 e. The van der Waals surface area contributed by atoms with Crippen molar-refractivity contribution < 1.29 is 27.5 Å². The predicted octanol–water partition coefficient (Wildman–Crippen LogP) is 3.72. The first-order valence-corrected chi connectivity index (χ1v) is 11.7. The van der Waals surface area contributed by atoms with Gasteiger partial charge in [0.25, 0.3) is 0 Å². The van der Waals surface area contributed by atoms with Crippen LogP contribution in [0.1, 0.15) is 34.1 Å². The van der Waals surface area contributed by atoms with Gasteiger partial charge in [-0.1, -0.05) is 11.9 Å². The normalized spacial score (nSPS) is 15.2. The Balaban J connectivity index is 2.61. The Labute approximate surface area is 175 Å². The van der Waals surface area contributed by atoms with Crippen LogP contribution in [0.3, 0.4) is 0 Å². The molecule has 1 aromatic carbocycles. The van der Waals surface area contributed by atoms with E-state index >= 15 is 0 Å². The fourth-order valence-corrected chi connectivity index (χ4v) is 4.40. The number of amides is 1. The summed E-state index contributed by atoms with van der Waals surface area (Å²) in [7, 11) is -2.08. The second kappa shape index (κ2) is 8.66. The van der Waals surface area contributed by atoms with E-state index in [2.05, 4.69) is 0 Å². The zero-order chi connectivity index (χ0) is 22.0. The van der Waals surface area contributed by atoms with E-state index in [1.165, 1.54) is 24.1 Å². The molecule has 8 nitrogen and oxygen atoms in total. The van der Waals surface area contributed by atoms with E-state index in [-0.39, 0.29) is 29.3 Å². The summed E-state index contributed by atoms with van der Waals surface area (Å²) >= 11 is 1.41. The number of esters is 1. The molecule has 0 aromatic heterocycles. The Hall–Kier alpha value is -2.20. The lowest BCUT2D eigenvalue weighted by Gasteiger charge is -2.32. The number of ether oxygens (including phenoxy) is 2. The van der Waals surface area contributed by atoms with Crippen LogP contribution < -0.4 is 9.21 Å². The molecule has 0 bridgehead atoms. The molecule has 2 rings (SSSR count). The lowest BCUT2D eigenvalue weighted by Crippen LogP contribution is -2.39. The van der Waals surface area contributed by atoms with Crippen LogP contribution in [0.4, 0.5) is 16.2 Å². The second-order valence-electron chi connectivity index (χ2n) is 7.28. The molecule has 0 saturated carbocycles. The molecule has 29 heavy (non-hydrogen) atoms. The summed E-state index contributed by atoms with van der Waals surface area (Å²) in [6.45, 7) is 6.91. The number of hydrogen-bond donors (Lipinski definition) is 0. The summed E-state index contributed by atoms with van der Waals surface area (Å²) in [4.78, 5) is 26.0. The van der Waals surface area contributed by atoms with Crippen molar-refractivity contribution in [2.45, 2.75) is 44.6 Å². The molecule has 0 spiro atoms. The summed E-state index contributed by atoms with van der Waals surface area (Å²) in [5.41, 5.74) is -0.0246. The highest BCUT2D eigenvalue weighted by Gasteiger charge is 2.36. The second-order valence-corrected chi connectivity index (χ2v) is 9.96. The number of nitrogens with zero attached hydrogens (tertiary/aromatic N) is 2. The number of anilines is 2. The molecule has 1 heterocycles. The number of sulfone groups is 1. The molecule has 1 aliphatic heterocycles. The quantitative estimate of drug-likeness (QED) is 0.503. The average Bonchev–Trinajstić information content (AvgIpc) is 2.59.